The SMILES string of the molecule is COc1ccc(OCCOc2ccc(/C=C3\SC(=S)N(c4ccccc4)C3=O)cc2)cc1. The molecular formula is C25H21NO4S2. The summed E-state index contributed by atoms with van der Waals surface area (Å²) in [7, 11) is 1.63. The van der Waals surface area contributed by atoms with Crippen LogP contribution >= 0.6 is 24.0 Å². The fourth-order valence-electron chi connectivity index (χ4n) is 3.07. The van der Waals surface area contributed by atoms with Crippen molar-refractivity contribution < 1.29 is 19.0 Å². The highest BCUT2D eigenvalue weighted by Gasteiger charge is 2.33. The lowest BCUT2D eigenvalue weighted by atomic mass is 10.2. The predicted octanol–water partition coefficient (Wildman–Crippen LogP) is 5.56. The van der Waals surface area contributed by atoms with Gasteiger partial charge < -0.3 is 14.2 Å². The van der Waals surface area contributed by atoms with Crippen LogP contribution in [-0.2, 0) is 4.79 Å². The average molecular weight is 464 g/mol. The van der Waals surface area contributed by atoms with Gasteiger partial charge in [0.15, 0.2) is 4.32 Å². The first-order valence-corrected chi connectivity index (χ1v) is 11.2. The van der Waals surface area contributed by atoms with Crippen LogP contribution < -0.4 is 19.1 Å². The van der Waals surface area contributed by atoms with Gasteiger partial charge >= 0.3 is 0 Å². The maximum atomic E-state index is 12.8. The fraction of sp³-hybridized carbons (Fsp3) is 0.120. The summed E-state index contributed by atoms with van der Waals surface area (Å²) in [6, 6.07) is 24.4. The minimum absolute atomic E-state index is 0.109. The van der Waals surface area contributed by atoms with Crippen LogP contribution in [0, 0.1) is 0 Å². The third kappa shape index (κ3) is 5.30. The van der Waals surface area contributed by atoms with Crippen LogP contribution in [0.15, 0.2) is 83.8 Å². The van der Waals surface area contributed by atoms with E-state index in [1.54, 1.807) is 12.0 Å². The third-order valence-electron chi connectivity index (χ3n) is 4.67. The van der Waals surface area contributed by atoms with E-state index < -0.39 is 0 Å². The smallest absolute Gasteiger partial charge is 0.270 e. The van der Waals surface area contributed by atoms with E-state index in [2.05, 4.69) is 0 Å². The topological polar surface area (TPSA) is 48.0 Å². The van der Waals surface area contributed by atoms with Crippen molar-refractivity contribution in [3.63, 3.8) is 0 Å². The van der Waals surface area contributed by atoms with Crippen molar-refractivity contribution in [3.05, 3.63) is 89.3 Å². The molecule has 1 amide bonds. The third-order valence-corrected chi connectivity index (χ3v) is 5.97. The maximum Gasteiger partial charge on any atom is 0.270 e. The van der Waals surface area contributed by atoms with Gasteiger partial charge in [-0.1, -0.05) is 54.3 Å². The second-order valence-corrected chi connectivity index (χ2v) is 8.47. The van der Waals surface area contributed by atoms with Crippen LogP contribution in [0.5, 0.6) is 17.2 Å². The van der Waals surface area contributed by atoms with Gasteiger partial charge in [-0.15, -0.1) is 0 Å². The number of benzene rings is 3. The first-order chi connectivity index (χ1) is 15.6. The molecule has 5 nitrogen and oxygen atoms in total. The first kappa shape index (κ1) is 21.9. The lowest BCUT2D eigenvalue weighted by molar-refractivity contribution is -0.113. The number of amides is 1. The summed E-state index contributed by atoms with van der Waals surface area (Å²) < 4.78 is 17.1. The summed E-state index contributed by atoms with van der Waals surface area (Å²) in [4.78, 5) is 15.0. The number of ether oxygens (including phenoxy) is 3. The molecule has 1 fully saturated rings. The average Bonchev–Trinajstić information content (AvgIpc) is 3.11. The van der Waals surface area contributed by atoms with Crippen molar-refractivity contribution in [1.29, 1.82) is 0 Å². The van der Waals surface area contributed by atoms with Crippen molar-refractivity contribution in [3.8, 4) is 17.2 Å². The molecule has 3 aromatic carbocycles. The Hall–Kier alpha value is -3.29. The molecule has 3 aromatic rings. The molecule has 0 radical (unpaired) electrons. The molecule has 0 bridgehead atoms. The summed E-state index contributed by atoms with van der Waals surface area (Å²) in [6.07, 6.45) is 1.85. The Morgan fingerprint density at radius 2 is 1.41 bits per heavy atom. The summed E-state index contributed by atoms with van der Waals surface area (Å²) in [5.41, 5.74) is 1.68. The highest BCUT2D eigenvalue weighted by molar-refractivity contribution is 8.27. The second kappa shape index (κ2) is 10.3. The Bertz CT molecular complexity index is 1110. The minimum atomic E-state index is -0.109. The van der Waals surface area contributed by atoms with E-state index in [0.717, 1.165) is 28.5 Å². The van der Waals surface area contributed by atoms with Crippen LogP contribution in [0.1, 0.15) is 5.56 Å². The van der Waals surface area contributed by atoms with Crippen molar-refractivity contribution in [2.24, 2.45) is 0 Å². The molecule has 7 heteroatoms. The zero-order chi connectivity index (χ0) is 22.3. The molecule has 1 heterocycles. The summed E-state index contributed by atoms with van der Waals surface area (Å²) in [6.45, 7) is 0.844. The van der Waals surface area contributed by atoms with Gasteiger partial charge in [-0.2, -0.15) is 0 Å². The van der Waals surface area contributed by atoms with Crippen molar-refractivity contribution >= 4 is 46.0 Å². The molecule has 0 aromatic heterocycles. The number of nitrogens with zero attached hydrogens (tertiary/aromatic N) is 1. The van der Waals surface area contributed by atoms with Gasteiger partial charge in [0.05, 0.1) is 17.7 Å². The summed E-state index contributed by atoms with van der Waals surface area (Å²) in [5.74, 6) is 2.17. The van der Waals surface area contributed by atoms with E-state index in [4.69, 9.17) is 26.4 Å². The normalized spacial score (nSPS) is 14.7. The first-order valence-electron chi connectivity index (χ1n) is 9.97. The number of carbonyl (C=O) groups excluding carboxylic acids is 1. The largest absolute Gasteiger partial charge is 0.497 e. The van der Waals surface area contributed by atoms with Crippen LogP contribution in [0.4, 0.5) is 5.69 Å². The second-order valence-electron chi connectivity index (χ2n) is 6.79. The molecule has 4 rings (SSSR count). The van der Waals surface area contributed by atoms with Gasteiger partial charge in [-0.3, -0.25) is 9.69 Å². The van der Waals surface area contributed by atoms with Gasteiger partial charge in [0.25, 0.3) is 5.91 Å². The Labute approximate surface area is 196 Å². The Kier molecular flexibility index (Phi) is 7.09. The molecular weight excluding hydrogens is 442 g/mol. The standard InChI is InChI=1S/C25H21NO4S2/c1-28-20-11-13-22(14-12-20)30-16-15-29-21-9-7-18(8-10-21)17-23-24(27)26(25(31)32-23)19-5-3-2-4-6-19/h2-14,17H,15-16H2,1H3/b23-17-. The van der Waals surface area contributed by atoms with Crippen LogP contribution in [0.25, 0.3) is 6.08 Å². The molecule has 0 spiro atoms. The number of hydrogen-bond donors (Lipinski definition) is 0. The number of rotatable bonds is 8. The van der Waals surface area contributed by atoms with Crippen molar-refractivity contribution in [2.75, 3.05) is 25.2 Å². The lowest BCUT2D eigenvalue weighted by Gasteiger charge is -2.13. The van der Waals surface area contributed by atoms with E-state index in [-0.39, 0.29) is 5.91 Å². The number of methoxy groups -OCH3 is 1. The summed E-state index contributed by atoms with van der Waals surface area (Å²) in [5, 5.41) is 0. The Balaban J connectivity index is 1.31. The van der Waals surface area contributed by atoms with E-state index in [1.165, 1.54) is 11.8 Å². The number of thiocarbonyl (C=S) groups is 1. The van der Waals surface area contributed by atoms with Gasteiger partial charge in [0.2, 0.25) is 0 Å². The number of anilines is 1. The number of para-hydroxylation sites is 1. The highest BCUT2D eigenvalue weighted by atomic mass is 32.2. The van der Waals surface area contributed by atoms with Crippen molar-refractivity contribution in [1.82, 2.24) is 0 Å². The molecule has 32 heavy (non-hydrogen) atoms. The molecule has 1 aliphatic rings. The number of hydrogen-bond acceptors (Lipinski definition) is 6. The maximum absolute atomic E-state index is 12.8. The van der Waals surface area contributed by atoms with E-state index in [0.29, 0.717) is 22.4 Å². The van der Waals surface area contributed by atoms with Crippen LogP contribution in [-0.4, -0.2) is 30.6 Å². The van der Waals surface area contributed by atoms with Crippen molar-refractivity contribution in [2.45, 2.75) is 0 Å². The summed E-state index contributed by atoms with van der Waals surface area (Å²) >= 11 is 6.72. The minimum Gasteiger partial charge on any atom is -0.497 e. The molecule has 0 unspecified atom stereocenters. The molecule has 0 saturated carbocycles. The lowest BCUT2D eigenvalue weighted by Crippen LogP contribution is -2.27. The molecule has 0 aliphatic carbocycles. The van der Waals surface area contributed by atoms with Crippen LogP contribution in [0.2, 0.25) is 0 Å². The van der Waals surface area contributed by atoms with Crippen LogP contribution in [0.3, 0.4) is 0 Å². The van der Waals surface area contributed by atoms with Gasteiger partial charge in [-0.05, 0) is 60.2 Å². The van der Waals surface area contributed by atoms with Gasteiger partial charge in [0, 0.05) is 0 Å². The number of carbonyl (C=O) groups is 1. The zero-order valence-corrected chi connectivity index (χ0v) is 19.0. The number of thioether (sulfide) groups is 1. The highest BCUT2D eigenvalue weighted by Crippen LogP contribution is 2.36. The zero-order valence-electron chi connectivity index (χ0n) is 17.4. The molecule has 0 atom stereocenters. The van der Waals surface area contributed by atoms with E-state index >= 15 is 0 Å². The van der Waals surface area contributed by atoms with E-state index in [1.807, 2.05) is 84.9 Å². The predicted molar refractivity (Wildman–Crippen MR) is 133 cm³/mol. The fourth-order valence-corrected chi connectivity index (χ4v) is 4.37. The Morgan fingerprint density at radius 1 is 0.844 bits per heavy atom. The molecule has 1 saturated heterocycles. The molecule has 162 valence electrons. The molecule has 1 aliphatic heterocycles. The van der Waals surface area contributed by atoms with E-state index in [9.17, 15) is 4.79 Å². The van der Waals surface area contributed by atoms with Gasteiger partial charge in [0.1, 0.15) is 30.5 Å². The Morgan fingerprint density at radius 3 is 2.00 bits per heavy atom. The molecule has 0 N–H and O–H groups in total. The van der Waals surface area contributed by atoms with Gasteiger partial charge in [-0.25, -0.2) is 0 Å². The monoisotopic (exact) mass is 463 g/mol. The quantitative estimate of drug-likeness (QED) is 0.248.